The number of rotatable bonds is 11. The van der Waals surface area contributed by atoms with E-state index < -0.39 is 36.6 Å². The van der Waals surface area contributed by atoms with E-state index in [4.69, 9.17) is 25.4 Å². The molecule has 6 N–H and O–H groups in total. The summed E-state index contributed by atoms with van der Waals surface area (Å²) in [5.74, 6) is 0.903. The lowest BCUT2D eigenvalue weighted by atomic mass is 9.99. The fraction of sp³-hybridized carbons (Fsp3) is 0.632. The number of carbonyl (C=O) groups excluding carboxylic acids is 1. The standard InChI is InChI=1S/C19H27N3O4S.C13H13NO.C6H14N2O3S/c23-9-3-8-22-11-15(12-22)27(25,26)21-19(24)20-18-16-6-1-4-13(16)10-14-5-2-7-17(14)18;14-8-15-13-11-5-1-3-9(11)7-10-4-2-6-12(10)13;7-12(10,11)6-4-8(5-6)2-1-3-9/h10,15,23H,1-9,11-12H2,(H2,20,21,24);7H,1-6H2;6,9H,1-5H2,(H2,7,10,11). The zero-order valence-electron chi connectivity index (χ0n) is 30.9. The smallest absolute Gasteiger partial charge is 0.332 e. The second-order valence-corrected chi connectivity index (χ2v) is 19.0. The number of sulfonamides is 2. The van der Waals surface area contributed by atoms with Crippen molar-refractivity contribution in [3.63, 3.8) is 0 Å². The molecule has 6 aliphatic rings. The summed E-state index contributed by atoms with van der Waals surface area (Å²) in [5, 5.41) is 32.9. The number of benzene rings is 2. The van der Waals surface area contributed by atoms with Crippen molar-refractivity contribution in [1.29, 1.82) is 5.26 Å². The highest BCUT2D eigenvalue weighted by Crippen LogP contribution is 2.40. The van der Waals surface area contributed by atoms with E-state index in [0.29, 0.717) is 45.6 Å². The summed E-state index contributed by atoms with van der Waals surface area (Å²) >= 11 is 0. The molecule has 16 heteroatoms. The zero-order valence-corrected chi connectivity index (χ0v) is 32.6. The Hall–Kier alpha value is -3.30. The first-order valence-electron chi connectivity index (χ1n) is 19.3. The van der Waals surface area contributed by atoms with E-state index in [1.165, 1.54) is 57.3 Å². The minimum Gasteiger partial charge on any atom is -0.396 e. The molecule has 8 rings (SSSR count). The highest BCUT2D eigenvalue weighted by molar-refractivity contribution is 7.90. The number of aliphatic hydroxyl groups excluding tert-OH is 2. The Morgan fingerprint density at radius 2 is 1.17 bits per heavy atom. The van der Waals surface area contributed by atoms with Crippen LogP contribution in [-0.4, -0.2) is 106 Å². The van der Waals surface area contributed by atoms with Gasteiger partial charge in [-0.2, -0.15) is 0 Å². The van der Waals surface area contributed by atoms with Crippen LogP contribution in [0.5, 0.6) is 5.75 Å². The number of nitrogens with zero attached hydrogens (tertiary/aromatic N) is 3. The Bertz CT molecular complexity index is 1890. The maximum absolute atomic E-state index is 12.5. The van der Waals surface area contributed by atoms with Crippen LogP contribution in [0.4, 0.5) is 10.5 Å². The molecule has 0 atom stereocenters. The molecule has 2 aliphatic heterocycles. The highest BCUT2D eigenvalue weighted by Gasteiger charge is 2.38. The molecular formula is C38H54N6O8S2. The number of anilines is 1. The largest absolute Gasteiger partial charge is 0.396 e. The van der Waals surface area contributed by atoms with E-state index in [1.54, 1.807) is 0 Å². The number of amides is 2. The molecule has 14 nitrogen and oxygen atoms in total. The van der Waals surface area contributed by atoms with Crippen molar-refractivity contribution in [2.75, 3.05) is 57.8 Å². The van der Waals surface area contributed by atoms with E-state index in [1.807, 2.05) is 16.1 Å². The number of hydrogen-bond acceptors (Lipinski definition) is 11. The van der Waals surface area contributed by atoms with Gasteiger partial charge < -0.3 is 30.1 Å². The number of nitrogens with two attached hydrogens (primary N) is 1. The molecule has 2 heterocycles. The van der Waals surface area contributed by atoms with Crippen molar-refractivity contribution in [2.45, 2.75) is 100 Å². The van der Waals surface area contributed by atoms with Gasteiger partial charge in [-0.25, -0.2) is 31.5 Å². The summed E-state index contributed by atoms with van der Waals surface area (Å²) in [4.78, 5) is 16.4. The number of hydrogen-bond donors (Lipinski definition) is 5. The van der Waals surface area contributed by atoms with E-state index in [2.05, 4.69) is 22.2 Å². The summed E-state index contributed by atoms with van der Waals surface area (Å²) < 4.78 is 53.8. The van der Waals surface area contributed by atoms with Gasteiger partial charge in [0.2, 0.25) is 20.0 Å². The second-order valence-electron chi connectivity index (χ2n) is 15.2. The Morgan fingerprint density at radius 1 is 0.741 bits per heavy atom. The average Bonchev–Trinajstić information content (AvgIpc) is 3.90. The Labute approximate surface area is 319 Å². The summed E-state index contributed by atoms with van der Waals surface area (Å²) in [5.41, 5.74) is 11.3. The third kappa shape index (κ3) is 9.38. The minimum absolute atomic E-state index is 0.0975. The number of urea groups is 1. The third-order valence-electron chi connectivity index (χ3n) is 11.5. The topological polar surface area (TPSA) is 215 Å². The first-order chi connectivity index (χ1) is 25.9. The van der Waals surface area contributed by atoms with E-state index in [-0.39, 0.29) is 13.2 Å². The van der Waals surface area contributed by atoms with Crippen LogP contribution < -0.4 is 19.9 Å². The number of ether oxygens (including phenoxy) is 1. The Morgan fingerprint density at radius 3 is 1.59 bits per heavy atom. The molecule has 0 bridgehead atoms. The van der Waals surface area contributed by atoms with Crippen LogP contribution in [0.15, 0.2) is 12.1 Å². The summed E-state index contributed by atoms with van der Waals surface area (Å²) in [7, 11) is -7.02. The zero-order chi connectivity index (χ0) is 38.5. The van der Waals surface area contributed by atoms with Gasteiger partial charge in [-0.3, -0.25) is 0 Å². The SMILES string of the molecule is N#COc1c2c(cc3c1CCC3)CCC2.NS(=O)(=O)C1CN(CCCO)C1.O=C(Nc1c2c(cc3c1CCC3)CCC2)NS(=O)(=O)C1CN(CCCO)C1. The Kier molecular flexibility index (Phi) is 13.2. The quantitative estimate of drug-likeness (QED) is 0.208. The van der Waals surface area contributed by atoms with Gasteiger partial charge >= 0.3 is 6.03 Å². The fourth-order valence-corrected chi connectivity index (χ4v) is 10.8. The van der Waals surface area contributed by atoms with Crippen molar-refractivity contribution in [3.8, 4) is 12.0 Å². The van der Waals surface area contributed by atoms with Gasteiger partial charge in [-0.15, -0.1) is 5.26 Å². The number of likely N-dealkylation sites (tertiary alicyclic amines) is 2. The fourth-order valence-electron chi connectivity index (χ4n) is 8.65. The third-order valence-corrected chi connectivity index (χ3v) is 14.4. The van der Waals surface area contributed by atoms with Gasteiger partial charge in [0.15, 0.2) is 0 Å². The second kappa shape index (κ2) is 17.7. The Balaban J connectivity index is 0.000000154. The van der Waals surface area contributed by atoms with Crippen molar-refractivity contribution in [3.05, 3.63) is 56.6 Å². The van der Waals surface area contributed by atoms with Crippen LogP contribution in [0.2, 0.25) is 0 Å². The van der Waals surface area contributed by atoms with Gasteiger partial charge in [0.05, 0.1) is 0 Å². The summed E-state index contributed by atoms with van der Waals surface area (Å²) in [6.07, 6.45) is 16.2. The first kappa shape index (κ1) is 40.4. The molecule has 2 saturated heterocycles. The molecule has 296 valence electrons. The maximum atomic E-state index is 12.5. The van der Waals surface area contributed by atoms with Crippen LogP contribution >= 0.6 is 0 Å². The number of nitriles is 1. The molecule has 0 saturated carbocycles. The molecule has 0 unspecified atom stereocenters. The van der Waals surface area contributed by atoms with Crippen LogP contribution in [0.25, 0.3) is 0 Å². The van der Waals surface area contributed by atoms with Crippen LogP contribution in [-0.2, 0) is 71.4 Å². The monoisotopic (exact) mass is 786 g/mol. The predicted octanol–water partition coefficient (Wildman–Crippen LogP) is 2.05. The summed E-state index contributed by atoms with van der Waals surface area (Å²) in [6, 6.07) is 3.97. The molecule has 54 heavy (non-hydrogen) atoms. The number of aryl methyl sites for hydroxylation is 4. The number of fused-ring (bicyclic) bond motifs is 4. The van der Waals surface area contributed by atoms with Crippen molar-refractivity contribution in [1.82, 2.24) is 14.5 Å². The van der Waals surface area contributed by atoms with Crippen molar-refractivity contribution in [2.24, 2.45) is 5.14 Å². The van der Waals surface area contributed by atoms with E-state index in [0.717, 1.165) is 82.2 Å². The number of aliphatic hydroxyl groups is 2. The number of primary sulfonamides is 1. The van der Waals surface area contributed by atoms with Crippen molar-refractivity contribution < 1.29 is 36.6 Å². The molecule has 2 fully saturated rings. The summed E-state index contributed by atoms with van der Waals surface area (Å²) in [6.45, 7) is 3.51. The van der Waals surface area contributed by atoms with Crippen LogP contribution in [0, 0.1) is 11.5 Å². The maximum Gasteiger partial charge on any atom is 0.332 e. The van der Waals surface area contributed by atoms with Gasteiger partial charge in [-0.05, 0) is 134 Å². The van der Waals surface area contributed by atoms with E-state index in [9.17, 15) is 21.6 Å². The molecule has 0 spiro atoms. The van der Waals surface area contributed by atoms with Crippen LogP contribution in [0.3, 0.4) is 0 Å². The normalized spacial score (nSPS) is 19.1. The van der Waals surface area contributed by atoms with Gasteiger partial charge in [0.25, 0.3) is 6.26 Å². The molecule has 2 amide bonds. The first-order valence-corrected chi connectivity index (χ1v) is 22.5. The van der Waals surface area contributed by atoms with Crippen molar-refractivity contribution >= 4 is 31.8 Å². The number of carbonyl (C=O) groups is 1. The molecule has 2 aromatic rings. The lowest BCUT2D eigenvalue weighted by Gasteiger charge is -2.38. The van der Waals surface area contributed by atoms with Gasteiger partial charge in [0, 0.05) is 58.2 Å². The van der Waals surface area contributed by atoms with E-state index >= 15 is 0 Å². The predicted molar refractivity (Wildman–Crippen MR) is 205 cm³/mol. The lowest BCUT2D eigenvalue weighted by molar-refractivity contribution is 0.163. The average molecular weight is 787 g/mol. The molecule has 0 radical (unpaired) electrons. The molecular weight excluding hydrogens is 733 g/mol. The lowest BCUT2D eigenvalue weighted by Crippen LogP contribution is -2.58. The minimum atomic E-state index is -3.70. The van der Waals surface area contributed by atoms with Gasteiger partial charge in [0.1, 0.15) is 16.2 Å². The van der Waals surface area contributed by atoms with Crippen LogP contribution in [0.1, 0.15) is 83.0 Å². The number of nitrogens with one attached hydrogen (secondary N) is 2. The van der Waals surface area contributed by atoms with Gasteiger partial charge in [-0.1, -0.05) is 12.1 Å². The highest BCUT2D eigenvalue weighted by atomic mass is 32.2. The molecule has 2 aromatic carbocycles. The molecule has 4 aliphatic carbocycles. The molecule has 0 aromatic heterocycles.